The molecule has 5 heteroatoms. The van der Waals surface area contributed by atoms with Crippen molar-refractivity contribution >= 4 is 11.7 Å². The van der Waals surface area contributed by atoms with E-state index in [4.69, 9.17) is 0 Å². The molecule has 0 unspecified atom stereocenters. The molecule has 0 bridgehead atoms. The number of nitrogens with zero attached hydrogens (tertiary/aromatic N) is 4. The van der Waals surface area contributed by atoms with E-state index in [-0.39, 0.29) is 5.91 Å². The summed E-state index contributed by atoms with van der Waals surface area (Å²) in [4.78, 5) is 24.0. The highest BCUT2D eigenvalue weighted by Gasteiger charge is 2.23. The summed E-state index contributed by atoms with van der Waals surface area (Å²) in [6, 6.07) is 14.1. The monoisotopic (exact) mass is 364 g/mol. The van der Waals surface area contributed by atoms with E-state index in [2.05, 4.69) is 33.0 Å². The van der Waals surface area contributed by atoms with Crippen molar-refractivity contribution in [2.45, 2.75) is 19.3 Å². The van der Waals surface area contributed by atoms with Gasteiger partial charge in [-0.1, -0.05) is 24.3 Å². The number of amides is 1. The number of pyridine rings is 1. The van der Waals surface area contributed by atoms with Gasteiger partial charge in [-0.3, -0.25) is 9.69 Å². The topological polar surface area (TPSA) is 39.7 Å². The van der Waals surface area contributed by atoms with Crippen molar-refractivity contribution in [1.82, 2.24) is 14.8 Å². The summed E-state index contributed by atoms with van der Waals surface area (Å²) in [6.45, 7) is 7.12. The van der Waals surface area contributed by atoms with Crippen molar-refractivity contribution in [2.24, 2.45) is 0 Å². The lowest BCUT2D eigenvalue weighted by molar-refractivity contribution is 0.0735. The van der Waals surface area contributed by atoms with Crippen molar-refractivity contribution in [3.05, 3.63) is 59.8 Å². The Labute approximate surface area is 161 Å². The second kappa shape index (κ2) is 8.53. The molecule has 0 radical (unpaired) electrons. The van der Waals surface area contributed by atoms with Crippen LogP contribution < -0.4 is 4.90 Å². The largest absolute Gasteiger partial charge is 0.354 e. The fraction of sp³-hybridized carbons (Fsp3) is 0.455. The summed E-state index contributed by atoms with van der Waals surface area (Å²) in [5, 5.41) is 0. The fourth-order valence-electron chi connectivity index (χ4n) is 4.07. The first-order valence-corrected chi connectivity index (χ1v) is 10.1. The zero-order valence-corrected chi connectivity index (χ0v) is 15.9. The van der Waals surface area contributed by atoms with Gasteiger partial charge in [-0.15, -0.1) is 0 Å². The molecule has 1 aromatic heterocycles. The Balaban J connectivity index is 1.17. The molecule has 5 nitrogen and oxygen atoms in total. The lowest BCUT2D eigenvalue weighted by atomic mass is 9.99. The zero-order chi connectivity index (χ0) is 18.5. The van der Waals surface area contributed by atoms with Gasteiger partial charge in [-0.25, -0.2) is 4.98 Å². The minimum atomic E-state index is 0.209. The van der Waals surface area contributed by atoms with Crippen LogP contribution in [0, 0.1) is 0 Å². The van der Waals surface area contributed by atoms with E-state index in [9.17, 15) is 4.79 Å². The van der Waals surface area contributed by atoms with E-state index in [0.717, 1.165) is 76.5 Å². The highest BCUT2D eigenvalue weighted by molar-refractivity contribution is 5.96. The van der Waals surface area contributed by atoms with Gasteiger partial charge in [0.2, 0.25) is 0 Å². The summed E-state index contributed by atoms with van der Waals surface area (Å²) < 4.78 is 0. The van der Waals surface area contributed by atoms with Gasteiger partial charge < -0.3 is 9.80 Å². The molecule has 1 saturated heterocycles. The molecule has 1 aromatic carbocycles. The normalized spacial score (nSPS) is 17.9. The summed E-state index contributed by atoms with van der Waals surface area (Å²) in [5.74, 6) is 1.29. The van der Waals surface area contributed by atoms with Gasteiger partial charge in [-0.2, -0.15) is 0 Å². The third-order valence-corrected chi connectivity index (χ3v) is 5.68. The van der Waals surface area contributed by atoms with Gasteiger partial charge in [-0.05, 0) is 49.6 Å². The number of benzene rings is 1. The van der Waals surface area contributed by atoms with E-state index in [0.29, 0.717) is 0 Å². The molecule has 2 aliphatic heterocycles. The molecule has 0 atom stereocenters. The third kappa shape index (κ3) is 4.30. The maximum atomic E-state index is 12.6. The first-order valence-electron chi connectivity index (χ1n) is 10.1. The molecule has 0 N–H and O–H groups in total. The number of carbonyl (C=O) groups excluding carboxylic acids is 1. The predicted octanol–water partition coefficient (Wildman–Crippen LogP) is 2.68. The number of aromatic nitrogens is 1. The average molecular weight is 364 g/mol. The van der Waals surface area contributed by atoms with Gasteiger partial charge in [0.05, 0.1) is 0 Å². The van der Waals surface area contributed by atoms with E-state index in [1.54, 1.807) is 0 Å². The second-order valence-electron chi connectivity index (χ2n) is 7.42. The highest BCUT2D eigenvalue weighted by atomic mass is 16.2. The Hall–Kier alpha value is -2.40. The van der Waals surface area contributed by atoms with Gasteiger partial charge in [0.15, 0.2) is 0 Å². The number of rotatable bonds is 6. The Morgan fingerprint density at radius 3 is 2.44 bits per heavy atom. The van der Waals surface area contributed by atoms with Crippen LogP contribution in [0.25, 0.3) is 0 Å². The van der Waals surface area contributed by atoms with Crippen molar-refractivity contribution in [1.29, 1.82) is 0 Å². The number of carbonyl (C=O) groups is 1. The summed E-state index contributed by atoms with van der Waals surface area (Å²) >= 11 is 0. The smallest absolute Gasteiger partial charge is 0.254 e. The maximum Gasteiger partial charge on any atom is 0.254 e. The second-order valence-corrected chi connectivity index (χ2v) is 7.42. The van der Waals surface area contributed by atoms with Crippen LogP contribution in [0.3, 0.4) is 0 Å². The summed E-state index contributed by atoms with van der Waals surface area (Å²) in [6.07, 6.45) is 5.07. The molecule has 2 aliphatic rings. The Morgan fingerprint density at radius 1 is 0.852 bits per heavy atom. The lowest BCUT2D eigenvalue weighted by Gasteiger charge is -2.35. The number of fused-ring (bicyclic) bond motifs is 1. The van der Waals surface area contributed by atoms with E-state index in [1.807, 2.05) is 35.4 Å². The molecular weight excluding hydrogens is 336 g/mol. The van der Waals surface area contributed by atoms with Crippen molar-refractivity contribution in [2.75, 3.05) is 50.7 Å². The standard InChI is InChI=1S/C22H28N4O/c27-22-20-8-2-1-7-19(20)10-14-26(22)13-6-5-12-24-15-17-25(18-16-24)21-9-3-4-11-23-21/h1-4,7-9,11H,5-6,10,12-18H2. The number of unbranched alkanes of at least 4 members (excludes halogenated alkanes) is 1. The molecule has 1 fully saturated rings. The van der Waals surface area contributed by atoms with E-state index in [1.165, 1.54) is 5.56 Å². The van der Waals surface area contributed by atoms with Crippen LogP contribution in [0.15, 0.2) is 48.7 Å². The van der Waals surface area contributed by atoms with Gasteiger partial charge in [0.1, 0.15) is 5.82 Å². The maximum absolute atomic E-state index is 12.6. The van der Waals surface area contributed by atoms with Crippen LogP contribution >= 0.6 is 0 Å². The number of hydrogen-bond donors (Lipinski definition) is 0. The predicted molar refractivity (Wildman–Crippen MR) is 108 cm³/mol. The zero-order valence-electron chi connectivity index (χ0n) is 15.9. The van der Waals surface area contributed by atoms with Gasteiger partial charge in [0.25, 0.3) is 5.91 Å². The SMILES string of the molecule is O=C1c2ccccc2CCN1CCCCN1CCN(c2ccccn2)CC1. The first kappa shape index (κ1) is 18.0. The van der Waals surface area contributed by atoms with E-state index < -0.39 is 0 Å². The fourth-order valence-corrected chi connectivity index (χ4v) is 4.07. The molecule has 1 amide bonds. The number of hydrogen-bond acceptors (Lipinski definition) is 4. The molecule has 3 heterocycles. The minimum absolute atomic E-state index is 0.209. The van der Waals surface area contributed by atoms with Gasteiger partial charge >= 0.3 is 0 Å². The summed E-state index contributed by atoms with van der Waals surface area (Å²) in [5.41, 5.74) is 2.10. The number of piperazine rings is 1. The van der Waals surface area contributed by atoms with Crippen molar-refractivity contribution in [3.63, 3.8) is 0 Å². The molecular formula is C22H28N4O. The average Bonchev–Trinajstić information content (AvgIpc) is 2.74. The van der Waals surface area contributed by atoms with Crippen LogP contribution in [0.5, 0.6) is 0 Å². The molecule has 4 rings (SSSR count). The van der Waals surface area contributed by atoms with Crippen molar-refractivity contribution < 1.29 is 4.79 Å². The third-order valence-electron chi connectivity index (χ3n) is 5.68. The quantitative estimate of drug-likeness (QED) is 0.739. The van der Waals surface area contributed by atoms with Gasteiger partial charge in [0, 0.05) is 51.0 Å². The lowest BCUT2D eigenvalue weighted by Crippen LogP contribution is -2.47. The summed E-state index contributed by atoms with van der Waals surface area (Å²) in [7, 11) is 0. The highest BCUT2D eigenvalue weighted by Crippen LogP contribution is 2.19. The Bertz CT molecular complexity index is 756. The van der Waals surface area contributed by atoms with Crippen molar-refractivity contribution in [3.8, 4) is 0 Å². The van der Waals surface area contributed by atoms with Crippen LogP contribution in [0.1, 0.15) is 28.8 Å². The molecule has 0 saturated carbocycles. The minimum Gasteiger partial charge on any atom is -0.354 e. The first-order chi connectivity index (χ1) is 13.3. The van der Waals surface area contributed by atoms with Crippen LogP contribution in [-0.4, -0.2) is 66.5 Å². The molecule has 2 aromatic rings. The number of anilines is 1. The molecule has 142 valence electrons. The molecule has 0 spiro atoms. The van der Waals surface area contributed by atoms with E-state index >= 15 is 0 Å². The molecule has 27 heavy (non-hydrogen) atoms. The van der Waals surface area contributed by atoms with Crippen LogP contribution in [-0.2, 0) is 6.42 Å². The Morgan fingerprint density at radius 2 is 1.63 bits per heavy atom. The van der Waals surface area contributed by atoms with Crippen LogP contribution in [0.4, 0.5) is 5.82 Å². The molecule has 0 aliphatic carbocycles. The van der Waals surface area contributed by atoms with Crippen LogP contribution in [0.2, 0.25) is 0 Å². The Kier molecular flexibility index (Phi) is 5.68.